The number of anilines is 1. The molecule has 0 aromatic heterocycles. The standard InChI is InChI=1S/C13H16N2O5/c1-8(16)15-11-4-3-10(17)6-9(11)2-5-12(18)14-7-13(19)20/h3-4,6,17H,2,5,7H2,1H3,(H,14,18)(H,15,16)(H,19,20). The first kappa shape index (κ1) is 15.5. The molecule has 1 aromatic carbocycles. The molecule has 1 rings (SSSR count). The minimum Gasteiger partial charge on any atom is -0.508 e. The van der Waals surface area contributed by atoms with E-state index in [-0.39, 0.29) is 24.5 Å². The van der Waals surface area contributed by atoms with Crippen molar-refractivity contribution in [3.63, 3.8) is 0 Å². The van der Waals surface area contributed by atoms with Gasteiger partial charge >= 0.3 is 5.97 Å². The smallest absolute Gasteiger partial charge is 0.322 e. The monoisotopic (exact) mass is 280 g/mol. The maximum absolute atomic E-state index is 11.4. The normalized spacial score (nSPS) is 9.85. The van der Waals surface area contributed by atoms with Crippen molar-refractivity contribution in [2.24, 2.45) is 0 Å². The third-order valence-corrected chi connectivity index (χ3v) is 2.46. The molecule has 0 heterocycles. The van der Waals surface area contributed by atoms with Crippen LogP contribution >= 0.6 is 0 Å². The summed E-state index contributed by atoms with van der Waals surface area (Å²) in [5.41, 5.74) is 1.12. The van der Waals surface area contributed by atoms with Crippen LogP contribution in [0.3, 0.4) is 0 Å². The molecule has 0 saturated carbocycles. The maximum atomic E-state index is 11.4. The van der Waals surface area contributed by atoms with Crippen molar-refractivity contribution in [3.05, 3.63) is 23.8 Å². The van der Waals surface area contributed by atoms with Gasteiger partial charge in [0.15, 0.2) is 0 Å². The van der Waals surface area contributed by atoms with Crippen LogP contribution in [0.4, 0.5) is 5.69 Å². The number of rotatable bonds is 6. The van der Waals surface area contributed by atoms with Gasteiger partial charge in [-0.05, 0) is 30.2 Å². The second-order valence-electron chi connectivity index (χ2n) is 4.19. The lowest BCUT2D eigenvalue weighted by atomic mass is 10.1. The quantitative estimate of drug-likeness (QED) is 0.566. The van der Waals surface area contributed by atoms with Crippen LogP contribution in [-0.4, -0.2) is 34.5 Å². The van der Waals surface area contributed by atoms with Gasteiger partial charge in [0.05, 0.1) is 0 Å². The third-order valence-electron chi connectivity index (χ3n) is 2.46. The lowest BCUT2D eigenvalue weighted by Gasteiger charge is -2.10. The Morgan fingerprint density at radius 1 is 1.25 bits per heavy atom. The molecule has 0 atom stereocenters. The van der Waals surface area contributed by atoms with Crippen molar-refractivity contribution >= 4 is 23.5 Å². The predicted octanol–water partition coefficient (Wildman–Crippen LogP) is 0.484. The first-order chi connectivity index (χ1) is 9.38. The first-order valence-electron chi connectivity index (χ1n) is 5.96. The topological polar surface area (TPSA) is 116 Å². The Morgan fingerprint density at radius 2 is 1.95 bits per heavy atom. The van der Waals surface area contributed by atoms with Crippen LogP contribution in [-0.2, 0) is 20.8 Å². The molecular formula is C13H16N2O5. The fraction of sp³-hybridized carbons (Fsp3) is 0.308. The zero-order valence-corrected chi connectivity index (χ0v) is 11.0. The van der Waals surface area contributed by atoms with Crippen molar-refractivity contribution in [3.8, 4) is 5.75 Å². The number of phenolic OH excluding ortho intramolecular Hbond substituents is 1. The Kier molecular flexibility index (Phi) is 5.52. The van der Waals surface area contributed by atoms with Crippen molar-refractivity contribution in [2.45, 2.75) is 19.8 Å². The molecule has 0 fully saturated rings. The molecule has 0 radical (unpaired) electrons. The SMILES string of the molecule is CC(=O)Nc1ccc(O)cc1CCC(=O)NCC(=O)O. The summed E-state index contributed by atoms with van der Waals surface area (Å²) < 4.78 is 0. The fourth-order valence-corrected chi connectivity index (χ4v) is 1.61. The number of carboxylic acids is 1. The molecule has 0 aliphatic heterocycles. The lowest BCUT2D eigenvalue weighted by molar-refractivity contribution is -0.137. The van der Waals surface area contributed by atoms with Crippen LogP contribution in [0.25, 0.3) is 0 Å². The van der Waals surface area contributed by atoms with Crippen LogP contribution < -0.4 is 10.6 Å². The van der Waals surface area contributed by atoms with Gasteiger partial charge in [-0.25, -0.2) is 0 Å². The molecule has 2 amide bonds. The number of nitrogens with one attached hydrogen (secondary N) is 2. The molecule has 0 unspecified atom stereocenters. The Morgan fingerprint density at radius 3 is 2.55 bits per heavy atom. The van der Waals surface area contributed by atoms with Gasteiger partial charge in [-0.1, -0.05) is 0 Å². The molecule has 0 spiro atoms. The van der Waals surface area contributed by atoms with Crippen LogP contribution in [0.5, 0.6) is 5.75 Å². The van der Waals surface area contributed by atoms with Crippen molar-refractivity contribution < 1.29 is 24.6 Å². The minimum absolute atomic E-state index is 0.0278. The Bertz CT molecular complexity index is 527. The highest BCUT2D eigenvalue weighted by Crippen LogP contribution is 2.22. The molecular weight excluding hydrogens is 264 g/mol. The van der Waals surface area contributed by atoms with Gasteiger partial charge in [0.1, 0.15) is 12.3 Å². The predicted molar refractivity (Wildman–Crippen MR) is 71.4 cm³/mol. The molecule has 20 heavy (non-hydrogen) atoms. The Hall–Kier alpha value is -2.57. The van der Waals surface area contributed by atoms with Crippen LogP contribution in [0, 0.1) is 0 Å². The van der Waals surface area contributed by atoms with Gasteiger partial charge in [0.25, 0.3) is 0 Å². The van der Waals surface area contributed by atoms with Gasteiger partial charge in [0.2, 0.25) is 11.8 Å². The Labute approximate surface area is 115 Å². The number of benzene rings is 1. The third kappa shape index (κ3) is 5.38. The number of hydrogen-bond acceptors (Lipinski definition) is 4. The zero-order valence-electron chi connectivity index (χ0n) is 11.0. The molecule has 4 N–H and O–H groups in total. The molecule has 0 aliphatic rings. The number of phenols is 1. The summed E-state index contributed by atoms with van der Waals surface area (Å²) in [5, 5.41) is 22.7. The van der Waals surface area contributed by atoms with Gasteiger partial charge < -0.3 is 20.8 Å². The van der Waals surface area contributed by atoms with E-state index in [9.17, 15) is 19.5 Å². The summed E-state index contributed by atoms with van der Waals surface area (Å²) in [6.45, 7) is 0.924. The van der Waals surface area contributed by atoms with Gasteiger partial charge in [-0.3, -0.25) is 14.4 Å². The van der Waals surface area contributed by atoms with E-state index in [4.69, 9.17) is 5.11 Å². The van der Waals surface area contributed by atoms with Crippen molar-refractivity contribution in [1.82, 2.24) is 5.32 Å². The molecule has 0 aliphatic carbocycles. The van der Waals surface area contributed by atoms with Crippen molar-refractivity contribution in [1.29, 1.82) is 0 Å². The van der Waals surface area contributed by atoms with Gasteiger partial charge in [-0.15, -0.1) is 0 Å². The van der Waals surface area contributed by atoms with E-state index in [1.807, 2.05) is 0 Å². The minimum atomic E-state index is -1.12. The number of carbonyl (C=O) groups is 3. The van der Waals surface area contributed by atoms with E-state index in [0.29, 0.717) is 11.3 Å². The molecule has 0 saturated heterocycles. The molecule has 108 valence electrons. The summed E-state index contributed by atoms with van der Waals surface area (Å²) in [7, 11) is 0. The van der Waals surface area contributed by atoms with E-state index < -0.39 is 18.4 Å². The van der Waals surface area contributed by atoms with E-state index in [0.717, 1.165) is 0 Å². The highest BCUT2D eigenvalue weighted by atomic mass is 16.4. The lowest BCUT2D eigenvalue weighted by Crippen LogP contribution is -2.29. The second kappa shape index (κ2) is 7.13. The largest absolute Gasteiger partial charge is 0.508 e. The number of carboxylic acid groups (broad SMARTS) is 1. The molecule has 7 nitrogen and oxygen atoms in total. The number of carbonyl (C=O) groups excluding carboxylic acids is 2. The summed E-state index contributed by atoms with van der Waals surface area (Å²) >= 11 is 0. The number of aliphatic carboxylic acids is 1. The first-order valence-corrected chi connectivity index (χ1v) is 5.96. The summed E-state index contributed by atoms with van der Waals surface area (Å²) in [6, 6.07) is 4.43. The molecule has 0 bridgehead atoms. The van der Waals surface area contributed by atoms with Crippen LogP contribution in [0.1, 0.15) is 18.9 Å². The highest BCUT2D eigenvalue weighted by molar-refractivity contribution is 5.90. The van der Waals surface area contributed by atoms with E-state index in [1.165, 1.54) is 19.1 Å². The van der Waals surface area contributed by atoms with E-state index in [2.05, 4.69) is 10.6 Å². The molecule has 7 heteroatoms. The van der Waals surface area contributed by atoms with E-state index >= 15 is 0 Å². The highest BCUT2D eigenvalue weighted by Gasteiger charge is 2.09. The van der Waals surface area contributed by atoms with Crippen LogP contribution in [0.15, 0.2) is 18.2 Å². The summed E-state index contributed by atoms with van der Waals surface area (Å²) in [4.78, 5) is 32.8. The average Bonchev–Trinajstić information content (AvgIpc) is 2.36. The average molecular weight is 280 g/mol. The number of aryl methyl sites for hydroxylation is 1. The number of aromatic hydroxyl groups is 1. The van der Waals surface area contributed by atoms with Crippen LogP contribution in [0.2, 0.25) is 0 Å². The molecule has 1 aromatic rings. The summed E-state index contributed by atoms with van der Waals surface area (Å²) in [5.74, 6) is -1.76. The Balaban J connectivity index is 2.66. The number of hydrogen-bond donors (Lipinski definition) is 4. The van der Waals surface area contributed by atoms with E-state index in [1.54, 1.807) is 6.07 Å². The maximum Gasteiger partial charge on any atom is 0.322 e. The summed E-state index contributed by atoms with van der Waals surface area (Å²) in [6.07, 6.45) is 0.332. The number of amides is 2. The van der Waals surface area contributed by atoms with Gasteiger partial charge in [-0.2, -0.15) is 0 Å². The van der Waals surface area contributed by atoms with Crippen molar-refractivity contribution in [2.75, 3.05) is 11.9 Å². The second-order valence-corrected chi connectivity index (χ2v) is 4.19. The van der Waals surface area contributed by atoms with Gasteiger partial charge in [0, 0.05) is 19.0 Å². The zero-order chi connectivity index (χ0) is 15.1. The fourth-order valence-electron chi connectivity index (χ4n) is 1.61.